The van der Waals surface area contributed by atoms with Gasteiger partial charge in [-0.15, -0.1) is 0 Å². The van der Waals surface area contributed by atoms with Gasteiger partial charge in [0.15, 0.2) is 0 Å². The molecule has 2 aromatic carbocycles. The molecule has 0 aliphatic rings. The highest BCUT2D eigenvalue weighted by Gasteiger charge is 2.02. The summed E-state index contributed by atoms with van der Waals surface area (Å²) < 4.78 is 12.7. The molecule has 0 fully saturated rings. The zero-order valence-corrected chi connectivity index (χ0v) is 10.8. The number of benzene rings is 2. The lowest BCUT2D eigenvalue weighted by Gasteiger charge is -2.08. The third-order valence-corrected chi connectivity index (χ3v) is 2.76. The second-order valence-corrected chi connectivity index (χ2v) is 4.29. The van der Waals surface area contributed by atoms with Gasteiger partial charge in [-0.2, -0.15) is 0 Å². The van der Waals surface area contributed by atoms with Crippen molar-refractivity contribution in [3.63, 3.8) is 0 Å². The van der Waals surface area contributed by atoms with Gasteiger partial charge in [0, 0.05) is 12.2 Å². The number of urea groups is 1. The summed E-state index contributed by atoms with van der Waals surface area (Å²) in [5, 5.41) is 14.2. The molecule has 5 heteroatoms. The van der Waals surface area contributed by atoms with Gasteiger partial charge in [-0.25, -0.2) is 9.18 Å². The van der Waals surface area contributed by atoms with Gasteiger partial charge in [0.25, 0.3) is 0 Å². The van der Waals surface area contributed by atoms with E-state index in [1.807, 2.05) is 12.1 Å². The lowest BCUT2D eigenvalue weighted by Crippen LogP contribution is -2.28. The van der Waals surface area contributed by atoms with E-state index in [2.05, 4.69) is 10.6 Å². The molecule has 4 nitrogen and oxygen atoms in total. The third-order valence-electron chi connectivity index (χ3n) is 2.76. The molecular formula is C15H15FN2O2. The van der Waals surface area contributed by atoms with Crippen LogP contribution in [0.15, 0.2) is 48.5 Å². The normalized spacial score (nSPS) is 10.1. The Hall–Kier alpha value is -2.40. The Morgan fingerprint density at radius 1 is 1.00 bits per heavy atom. The number of amides is 2. The van der Waals surface area contributed by atoms with Gasteiger partial charge in [-0.3, -0.25) is 0 Å². The zero-order valence-electron chi connectivity index (χ0n) is 10.8. The number of aliphatic hydroxyl groups is 1. The van der Waals surface area contributed by atoms with Crippen LogP contribution in [-0.2, 0) is 13.2 Å². The summed E-state index contributed by atoms with van der Waals surface area (Å²) >= 11 is 0. The second kappa shape index (κ2) is 6.68. The van der Waals surface area contributed by atoms with Gasteiger partial charge in [-0.05, 0) is 35.4 Å². The Morgan fingerprint density at radius 2 is 1.60 bits per heavy atom. The van der Waals surface area contributed by atoms with Gasteiger partial charge in [0.1, 0.15) is 5.82 Å². The Morgan fingerprint density at radius 3 is 2.20 bits per heavy atom. The van der Waals surface area contributed by atoms with E-state index in [0.717, 1.165) is 11.1 Å². The van der Waals surface area contributed by atoms with Crippen molar-refractivity contribution in [1.82, 2.24) is 5.32 Å². The lowest BCUT2D eigenvalue weighted by atomic mass is 10.1. The van der Waals surface area contributed by atoms with Gasteiger partial charge in [0.2, 0.25) is 0 Å². The van der Waals surface area contributed by atoms with E-state index in [1.54, 1.807) is 12.1 Å². The SMILES string of the molecule is O=C(NCc1ccc(CO)cc1)Nc1ccc(F)cc1. The minimum absolute atomic E-state index is 0.00123. The highest BCUT2D eigenvalue weighted by Crippen LogP contribution is 2.08. The number of hydrogen-bond donors (Lipinski definition) is 3. The molecule has 104 valence electrons. The van der Waals surface area contributed by atoms with Crippen LogP contribution < -0.4 is 10.6 Å². The van der Waals surface area contributed by atoms with Crippen LogP contribution >= 0.6 is 0 Å². The summed E-state index contributed by atoms with van der Waals surface area (Å²) in [5.74, 6) is -0.347. The van der Waals surface area contributed by atoms with Crippen molar-refractivity contribution in [2.75, 3.05) is 5.32 Å². The van der Waals surface area contributed by atoms with Crippen molar-refractivity contribution in [3.05, 3.63) is 65.5 Å². The van der Waals surface area contributed by atoms with Crippen LogP contribution in [0.25, 0.3) is 0 Å². The van der Waals surface area contributed by atoms with Crippen LogP contribution in [0, 0.1) is 5.82 Å². The first-order valence-corrected chi connectivity index (χ1v) is 6.16. The smallest absolute Gasteiger partial charge is 0.319 e. The molecule has 20 heavy (non-hydrogen) atoms. The Kier molecular flexibility index (Phi) is 4.68. The van der Waals surface area contributed by atoms with E-state index in [1.165, 1.54) is 24.3 Å². The summed E-state index contributed by atoms with van der Waals surface area (Å²) in [6, 6.07) is 12.5. The van der Waals surface area contributed by atoms with Crippen LogP contribution in [-0.4, -0.2) is 11.1 Å². The quantitative estimate of drug-likeness (QED) is 0.802. The van der Waals surface area contributed by atoms with E-state index < -0.39 is 0 Å². The van der Waals surface area contributed by atoms with Crippen molar-refractivity contribution in [2.45, 2.75) is 13.2 Å². The van der Waals surface area contributed by atoms with E-state index in [9.17, 15) is 9.18 Å². The molecule has 0 unspecified atom stereocenters. The number of rotatable bonds is 4. The molecule has 0 saturated carbocycles. The molecule has 0 heterocycles. The molecule has 2 aromatic rings. The Labute approximate surface area is 116 Å². The largest absolute Gasteiger partial charge is 0.392 e. The monoisotopic (exact) mass is 274 g/mol. The topological polar surface area (TPSA) is 61.4 Å². The first kappa shape index (κ1) is 14.0. The molecule has 0 bridgehead atoms. The van der Waals surface area contributed by atoms with Gasteiger partial charge in [-0.1, -0.05) is 24.3 Å². The highest BCUT2D eigenvalue weighted by atomic mass is 19.1. The first-order valence-electron chi connectivity index (χ1n) is 6.16. The van der Waals surface area contributed by atoms with E-state index >= 15 is 0 Å². The van der Waals surface area contributed by atoms with Gasteiger partial charge < -0.3 is 15.7 Å². The van der Waals surface area contributed by atoms with Crippen LogP contribution in [0.1, 0.15) is 11.1 Å². The first-order chi connectivity index (χ1) is 9.67. The summed E-state index contributed by atoms with van der Waals surface area (Å²) in [4.78, 5) is 11.6. The number of carbonyl (C=O) groups excluding carboxylic acids is 1. The molecule has 0 aliphatic heterocycles. The van der Waals surface area contributed by atoms with Crippen molar-refractivity contribution >= 4 is 11.7 Å². The lowest BCUT2D eigenvalue weighted by molar-refractivity contribution is 0.251. The molecule has 0 radical (unpaired) electrons. The van der Waals surface area contributed by atoms with Crippen molar-refractivity contribution in [1.29, 1.82) is 0 Å². The molecule has 0 aromatic heterocycles. The van der Waals surface area contributed by atoms with E-state index in [4.69, 9.17) is 5.11 Å². The average molecular weight is 274 g/mol. The zero-order chi connectivity index (χ0) is 14.4. The predicted molar refractivity (Wildman–Crippen MR) is 74.6 cm³/mol. The van der Waals surface area contributed by atoms with E-state index in [-0.39, 0.29) is 18.5 Å². The number of hydrogen-bond acceptors (Lipinski definition) is 2. The predicted octanol–water partition coefficient (Wildman–Crippen LogP) is 2.64. The Bertz CT molecular complexity index is 567. The van der Waals surface area contributed by atoms with Crippen molar-refractivity contribution in [3.8, 4) is 0 Å². The molecule has 0 spiro atoms. The van der Waals surface area contributed by atoms with Crippen LogP contribution in [0.4, 0.5) is 14.9 Å². The van der Waals surface area contributed by atoms with Crippen LogP contribution in [0.5, 0.6) is 0 Å². The second-order valence-electron chi connectivity index (χ2n) is 4.29. The number of halogens is 1. The standard InChI is InChI=1S/C15H15FN2O2/c16-13-5-7-14(8-6-13)18-15(20)17-9-11-1-3-12(10-19)4-2-11/h1-8,19H,9-10H2,(H2,17,18,20). The van der Waals surface area contributed by atoms with Gasteiger partial charge >= 0.3 is 6.03 Å². The number of aliphatic hydroxyl groups excluding tert-OH is 1. The van der Waals surface area contributed by atoms with Crippen LogP contribution in [0.3, 0.4) is 0 Å². The maximum absolute atomic E-state index is 12.7. The third kappa shape index (κ3) is 4.07. The molecule has 3 N–H and O–H groups in total. The van der Waals surface area contributed by atoms with Crippen molar-refractivity contribution < 1.29 is 14.3 Å². The Balaban J connectivity index is 1.83. The summed E-state index contributed by atoms with van der Waals surface area (Å²) in [6.45, 7) is 0.373. The molecule has 0 saturated heterocycles. The fourth-order valence-electron chi connectivity index (χ4n) is 1.65. The van der Waals surface area contributed by atoms with Crippen molar-refractivity contribution in [2.24, 2.45) is 0 Å². The minimum atomic E-state index is -0.358. The summed E-state index contributed by atoms with van der Waals surface area (Å²) in [6.07, 6.45) is 0. The minimum Gasteiger partial charge on any atom is -0.392 e. The fraction of sp³-hybridized carbons (Fsp3) is 0.133. The maximum Gasteiger partial charge on any atom is 0.319 e. The fourth-order valence-corrected chi connectivity index (χ4v) is 1.65. The number of carbonyl (C=O) groups is 1. The van der Waals surface area contributed by atoms with Crippen LogP contribution in [0.2, 0.25) is 0 Å². The summed E-state index contributed by atoms with van der Waals surface area (Å²) in [5.41, 5.74) is 2.28. The maximum atomic E-state index is 12.7. The average Bonchev–Trinajstić information content (AvgIpc) is 2.48. The number of nitrogens with one attached hydrogen (secondary N) is 2. The molecule has 2 rings (SSSR count). The summed E-state index contributed by atoms with van der Waals surface area (Å²) in [7, 11) is 0. The van der Waals surface area contributed by atoms with E-state index in [0.29, 0.717) is 12.2 Å². The molecule has 2 amide bonds. The molecule has 0 atom stereocenters. The highest BCUT2D eigenvalue weighted by molar-refractivity contribution is 5.89. The number of anilines is 1. The van der Waals surface area contributed by atoms with Gasteiger partial charge in [0.05, 0.1) is 6.61 Å². The molecular weight excluding hydrogens is 259 g/mol. The molecule has 0 aliphatic carbocycles.